The standard InChI is InChI=1S/C10H11O3/c1-3-12-10(11)13-9-7-5-4-6-8(9)2/h4-6H,3H2,1-2H3. The monoisotopic (exact) mass is 179 g/mol. The Balaban J connectivity index is 2.63. The molecule has 1 radical (unpaired) electrons. The molecule has 1 rings (SSSR count). The minimum Gasteiger partial charge on any atom is -0.434 e. The van der Waals surface area contributed by atoms with E-state index in [0.29, 0.717) is 12.4 Å². The molecule has 3 nitrogen and oxygen atoms in total. The molecule has 0 aliphatic carbocycles. The number of para-hydroxylation sites is 1. The molecular formula is C10H11O3. The highest BCUT2D eigenvalue weighted by molar-refractivity contribution is 5.64. The summed E-state index contributed by atoms with van der Waals surface area (Å²) in [5.41, 5.74) is 0.857. The molecule has 69 valence electrons. The van der Waals surface area contributed by atoms with E-state index in [2.05, 4.69) is 10.8 Å². The fourth-order valence-corrected chi connectivity index (χ4v) is 0.846. The van der Waals surface area contributed by atoms with Crippen molar-refractivity contribution in [1.82, 2.24) is 0 Å². The molecule has 0 saturated carbocycles. The van der Waals surface area contributed by atoms with Crippen molar-refractivity contribution < 1.29 is 14.3 Å². The molecule has 0 fully saturated rings. The first-order valence-corrected chi connectivity index (χ1v) is 4.06. The van der Waals surface area contributed by atoms with Crippen LogP contribution >= 0.6 is 0 Å². The van der Waals surface area contributed by atoms with E-state index in [4.69, 9.17) is 4.74 Å². The normalized spacial score (nSPS) is 9.38. The van der Waals surface area contributed by atoms with E-state index in [-0.39, 0.29) is 0 Å². The number of carbonyl (C=O) groups is 1. The second-order valence-corrected chi connectivity index (χ2v) is 2.47. The lowest BCUT2D eigenvalue weighted by atomic mass is 10.2. The van der Waals surface area contributed by atoms with E-state index in [9.17, 15) is 4.79 Å². The maximum absolute atomic E-state index is 10.9. The van der Waals surface area contributed by atoms with Crippen molar-refractivity contribution in [1.29, 1.82) is 0 Å². The predicted octanol–water partition coefficient (Wildman–Crippen LogP) is 2.33. The summed E-state index contributed by atoms with van der Waals surface area (Å²) in [4.78, 5) is 10.9. The number of carbonyl (C=O) groups excluding carboxylic acids is 1. The van der Waals surface area contributed by atoms with Gasteiger partial charge in [-0.25, -0.2) is 4.79 Å². The van der Waals surface area contributed by atoms with Crippen molar-refractivity contribution >= 4 is 6.16 Å². The number of benzene rings is 1. The number of rotatable bonds is 2. The summed E-state index contributed by atoms with van der Waals surface area (Å²) in [6, 6.07) is 8.15. The molecule has 0 amide bonds. The summed E-state index contributed by atoms with van der Waals surface area (Å²) in [6.07, 6.45) is -0.687. The summed E-state index contributed by atoms with van der Waals surface area (Å²) in [6.45, 7) is 3.87. The van der Waals surface area contributed by atoms with Crippen LogP contribution in [0, 0.1) is 13.0 Å². The van der Waals surface area contributed by atoms with Gasteiger partial charge in [0, 0.05) is 6.07 Å². The van der Waals surface area contributed by atoms with Gasteiger partial charge in [0.2, 0.25) is 0 Å². The maximum atomic E-state index is 10.9. The minimum absolute atomic E-state index is 0.310. The highest BCUT2D eigenvalue weighted by atomic mass is 16.7. The van der Waals surface area contributed by atoms with Crippen LogP contribution in [0.25, 0.3) is 0 Å². The zero-order chi connectivity index (χ0) is 9.68. The topological polar surface area (TPSA) is 35.5 Å². The second kappa shape index (κ2) is 4.50. The molecule has 0 aliphatic rings. The summed E-state index contributed by atoms with van der Waals surface area (Å²) in [7, 11) is 0. The zero-order valence-electron chi connectivity index (χ0n) is 7.66. The molecule has 0 heterocycles. The molecule has 0 aliphatic heterocycles. The Kier molecular flexibility index (Phi) is 3.31. The first kappa shape index (κ1) is 9.58. The molecule has 1 aromatic rings. The minimum atomic E-state index is -0.687. The Morgan fingerprint density at radius 2 is 2.38 bits per heavy atom. The van der Waals surface area contributed by atoms with Gasteiger partial charge in [0.15, 0.2) is 0 Å². The van der Waals surface area contributed by atoms with Crippen molar-refractivity contribution in [3.8, 4) is 5.75 Å². The van der Waals surface area contributed by atoms with Gasteiger partial charge in [0.1, 0.15) is 5.75 Å². The van der Waals surface area contributed by atoms with E-state index in [1.165, 1.54) is 0 Å². The summed E-state index contributed by atoms with van der Waals surface area (Å²) >= 11 is 0. The lowest BCUT2D eigenvalue weighted by molar-refractivity contribution is 0.104. The quantitative estimate of drug-likeness (QED) is 0.516. The fraction of sp³-hybridized carbons (Fsp3) is 0.300. The van der Waals surface area contributed by atoms with Gasteiger partial charge >= 0.3 is 6.16 Å². The van der Waals surface area contributed by atoms with Crippen LogP contribution in [-0.4, -0.2) is 12.8 Å². The van der Waals surface area contributed by atoms with Crippen LogP contribution < -0.4 is 4.74 Å². The molecule has 1 aromatic carbocycles. The zero-order valence-corrected chi connectivity index (χ0v) is 7.66. The average molecular weight is 179 g/mol. The number of ether oxygens (including phenoxy) is 2. The first-order valence-electron chi connectivity index (χ1n) is 4.06. The number of hydrogen-bond acceptors (Lipinski definition) is 3. The molecule has 0 N–H and O–H groups in total. The molecule has 0 aromatic heterocycles. The highest BCUT2D eigenvalue weighted by Gasteiger charge is 2.06. The number of hydrogen-bond donors (Lipinski definition) is 0. The van der Waals surface area contributed by atoms with Gasteiger partial charge < -0.3 is 9.47 Å². The van der Waals surface area contributed by atoms with Gasteiger partial charge in [-0.1, -0.05) is 18.2 Å². The SMILES string of the molecule is CCOC(=O)Oc1[c]cccc1C. The highest BCUT2D eigenvalue weighted by Crippen LogP contribution is 2.15. The van der Waals surface area contributed by atoms with Crippen LogP contribution in [0.3, 0.4) is 0 Å². The molecule has 0 bridgehead atoms. The van der Waals surface area contributed by atoms with Gasteiger partial charge in [-0.3, -0.25) is 0 Å². The van der Waals surface area contributed by atoms with Crippen LogP contribution in [0.5, 0.6) is 5.75 Å². The van der Waals surface area contributed by atoms with Crippen LogP contribution in [-0.2, 0) is 4.74 Å². The van der Waals surface area contributed by atoms with Gasteiger partial charge in [-0.05, 0) is 19.4 Å². The molecule has 0 saturated heterocycles. The van der Waals surface area contributed by atoms with Crippen molar-refractivity contribution in [2.75, 3.05) is 6.61 Å². The van der Waals surface area contributed by atoms with Crippen LogP contribution in [0.2, 0.25) is 0 Å². The molecule has 3 heteroatoms. The largest absolute Gasteiger partial charge is 0.513 e. The van der Waals surface area contributed by atoms with Gasteiger partial charge in [0.05, 0.1) is 6.61 Å². The first-order chi connectivity index (χ1) is 6.24. The summed E-state index contributed by atoms with van der Waals surface area (Å²) in [5.74, 6) is 0.418. The van der Waals surface area contributed by atoms with E-state index in [0.717, 1.165) is 5.56 Å². The predicted molar refractivity (Wildman–Crippen MR) is 47.7 cm³/mol. The van der Waals surface area contributed by atoms with Gasteiger partial charge in [-0.15, -0.1) is 0 Å². The van der Waals surface area contributed by atoms with Gasteiger partial charge in [0.25, 0.3) is 0 Å². The molecule has 0 spiro atoms. The molecule has 13 heavy (non-hydrogen) atoms. The van der Waals surface area contributed by atoms with E-state index in [1.807, 2.05) is 19.1 Å². The molecule has 0 unspecified atom stereocenters. The lowest BCUT2D eigenvalue weighted by Gasteiger charge is -2.05. The van der Waals surface area contributed by atoms with Crippen molar-refractivity contribution in [2.45, 2.75) is 13.8 Å². The van der Waals surface area contributed by atoms with E-state index < -0.39 is 6.16 Å². The van der Waals surface area contributed by atoms with Crippen molar-refractivity contribution in [3.63, 3.8) is 0 Å². The Labute approximate surface area is 77.3 Å². The maximum Gasteiger partial charge on any atom is 0.513 e. The lowest BCUT2D eigenvalue weighted by Crippen LogP contribution is -2.10. The third-order valence-electron chi connectivity index (χ3n) is 1.46. The second-order valence-electron chi connectivity index (χ2n) is 2.47. The molecule has 0 atom stereocenters. The van der Waals surface area contributed by atoms with Gasteiger partial charge in [-0.2, -0.15) is 0 Å². The summed E-state index contributed by atoms with van der Waals surface area (Å²) in [5, 5.41) is 0. The van der Waals surface area contributed by atoms with Crippen molar-refractivity contribution in [3.05, 3.63) is 29.8 Å². The summed E-state index contributed by atoms with van der Waals surface area (Å²) < 4.78 is 9.49. The Morgan fingerprint density at radius 3 is 3.00 bits per heavy atom. The third-order valence-corrected chi connectivity index (χ3v) is 1.46. The van der Waals surface area contributed by atoms with Crippen LogP contribution in [0.15, 0.2) is 18.2 Å². The Hall–Kier alpha value is -1.51. The van der Waals surface area contributed by atoms with Crippen LogP contribution in [0.4, 0.5) is 4.79 Å². The number of aryl methyl sites for hydroxylation is 1. The van der Waals surface area contributed by atoms with E-state index in [1.54, 1.807) is 13.0 Å². The van der Waals surface area contributed by atoms with Crippen molar-refractivity contribution in [2.24, 2.45) is 0 Å². The fourth-order valence-electron chi connectivity index (χ4n) is 0.846. The average Bonchev–Trinajstić information content (AvgIpc) is 2.09. The molecular weight excluding hydrogens is 168 g/mol. The Bertz CT molecular complexity index is 294. The third kappa shape index (κ3) is 2.78. The van der Waals surface area contributed by atoms with E-state index >= 15 is 0 Å². The Morgan fingerprint density at radius 1 is 1.62 bits per heavy atom. The van der Waals surface area contributed by atoms with Crippen LogP contribution in [0.1, 0.15) is 12.5 Å². The smallest absolute Gasteiger partial charge is 0.434 e.